The molecule has 1 saturated heterocycles. The van der Waals surface area contributed by atoms with E-state index in [1.54, 1.807) is 6.07 Å². The number of likely N-dealkylation sites (tertiary alicyclic amines) is 1. The van der Waals surface area contributed by atoms with Gasteiger partial charge in [-0.25, -0.2) is 0 Å². The monoisotopic (exact) mass is 313 g/mol. The second-order valence-corrected chi connectivity index (χ2v) is 6.18. The minimum atomic E-state index is -0.108. The van der Waals surface area contributed by atoms with Crippen molar-refractivity contribution in [2.45, 2.75) is 37.8 Å². The highest BCUT2D eigenvalue weighted by Crippen LogP contribution is 2.39. The Labute approximate surface area is 136 Å². The van der Waals surface area contributed by atoms with Crippen LogP contribution in [-0.2, 0) is 6.42 Å². The molecule has 0 saturated carbocycles. The molecule has 0 spiro atoms. The molecule has 0 bridgehead atoms. The smallest absolute Gasteiger partial charge is 0.157 e. The fourth-order valence-electron chi connectivity index (χ4n) is 3.54. The topological polar surface area (TPSA) is 63.9 Å². The van der Waals surface area contributed by atoms with E-state index in [9.17, 15) is 15.3 Å². The average Bonchev–Trinajstić information content (AvgIpc) is 2.99. The van der Waals surface area contributed by atoms with Crippen molar-refractivity contribution in [1.82, 2.24) is 4.90 Å². The number of aryl methyl sites for hydroxylation is 1. The molecule has 0 amide bonds. The van der Waals surface area contributed by atoms with Crippen LogP contribution in [0.5, 0.6) is 11.5 Å². The summed E-state index contributed by atoms with van der Waals surface area (Å²) in [6.45, 7) is 0.00572. The van der Waals surface area contributed by atoms with E-state index < -0.39 is 0 Å². The maximum absolute atomic E-state index is 9.80. The van der Waals surface area contributed by atoms with Crippen molar-refractivity contribution in [2.75, 3.05) is 6.73 Å². The van der Waals surface area contributed by atoms with E-state index in [0.717, 1.165) is 31.2 Å². The van der Waals surface area contributed by atoms with Gasteiger partial charge in [0.05, 0.1) is 6.73 Å². The third kappa shape index (κ3) is 3.49. The van der Waals surface area contributed by atoms with Gasteiger partial charge in [-0.15, -0.1) is 0 Å². The minimum Gasteiger partial charge on any atom is -0.504 e. The number of nitrogens with zero attached hydrogens (tertiary/aromatic N) is 1. The van der Waals surface area contributed by atoms with Crippen molar-refractivity contribution in [2.24, 2.45) is 0 Å². The fraction of sp³-hybridized carbons (Fsp3) is 0.368. The number of phenolic OH excluding ortho intramolecular Hbond substituents is 2. The zero-order valence-corrected chi connectivity index (χ0v) is 13.1. The molecular formula is C19H23NO3. The van der Waals surface area contributed by atoms with E-state index in [1.165, 1.54) is 11.6 Å². The maximum atomic E-state index is 9.80. The summed E-state index contributed by atoms with van der Waals surface area (Å²) in [5.74, 6) is -0.212. The van der Waals surface area contributed by atoms with E-state index >= 15 is 0 Å². The molecule has 3 rings (SSSR count). The van der Waals surface area contributed by atoms with Gasteiger partial charge in [-0.05, 0) is 48.9 Å². The summed E-state index contributed by atoms with van der Waals surface area (Å²) < 4.78 is 0. The van der Waals surface area contributed by atoms with Gasteiger partial charge in [0.25, 0.3) is 0 Å². The molecule has 0 radical (unpaired) electrons. The van der Waals surface area contributed by atoms with Crippen LogP contribution in [0, 0.1) is 0 Å². The predicted molar refractivity (Wildman–Crippen MR) is 89.2 cm³/mol. The second kappa shape index (κ2) is 7.02. The van der Waals surface area contributed by atoms with E-state index in [1.807, 2.05) is 12.1 Å². The molecule has 4 nitrogen and oxygen atoms in total. The number of aliphatic hydroxyl groups excluding tert-OH is 1. The molecule has 0 aromatic heterocycles. The highest BCUT2D eigenvalue weighted by Gasteiger charge is 2.33. The van der Waals surface area contributed by atoms with Crippen LogP contribution in [0.25, 0.3) is 0 Å². The van der Waals surface area contributed by atoms with Crippen molar-refractivity contribution in [3.8, 4) is 11.5 Å². The van der Waals surface area contributed by atoms with Crippen LogP contribution < -0.4 is 0 Å². The van der Waals surface area contributed by atoms with Gasteiger partial charge in [0.2, 0.25) is 0 Å². The van der Waals surface area contributed by atoms with Crippen molar-refractivity contribution >= 4 is 0 Å². The zero-order valence-electron chi connectivity index (χ0n) is 13.1. The van der Waals surface area contributed by atoms with Gasteiger partial charge in [0.15, 0.2) is 11.5 Å². The molecule has 1 aliphatic rings. The van der Waals surface area contributed by atoms with Crippen LogP contribution in [0.3, 0.4) is 0 Å². The predicted octanol–water partition coefficient (Wildman–Crippen LogP) is 3.19. The molecule has 4 heteroatoms. The molecule has 23 heavy (non-hydrogen) atoms. The molecule has 2 aromatic rings. The Kier molecular flexibility index (Phi) is 4.84. The van der Waals surface area contributed by atoms with Crippen LogP contribution in [0.2, 0.25) is 0 Å². The van der Waals surface area contributed by atoms with Gasteiger partial charge in [-0.2, -0.15) is 0 Å². The number of phenols is 2. The SMILES string of the molecule is OCN1C(CCc2ccccc2)CCC1c1ccc(O)c(O)c1. The van der Waals surface area contributed by atoms with Crippen LogP contribution in [0.4, 0.5) is 0 Å². The highest BCUT2D eigenvalue weighted by molar-refractivity contribution is 5.41. The summed E-state index contributed by atoms with van der Waals surface area (Å²) >= 11 is 0. The van der Waals surface area contributed by atoms with Gasteiger partial charge < -0.3 is 15.3 Å². The normalized spacial score (nSPS) is 21.6. The quantitative estimate of drug-likeness (QED) is 0.742. The van der Waals surface area contributed by atoms with E-state index in [0.29, 0.717) is 6.04 Å². The van der Waals surface area contributed by atoms with Crippen LogP contribution in [0.15, 0.2) is 48.5 Å². The summed E-state index contributed by atoms with van der Waals surface area (Å²) in [6.07, 6.45) is 3.98. The summed E-state index contributed by atoms with van der Waals surface area (Å²) in [7, 11) is 0. The number of hydrogen-bond donors (Lipinski definition) is 3. The average molecular weight is 313 g/mol. The fourth-order valence-corrected chi connectivity index (χ4v) is 3.54. The van der Waals surface area contributed by atoms with Gasteiger partial charge in [-0.1, -0.05) is 36.4 Å². The second-order valence-electron chi connectivity index (χ2n) is 6.18. The summed E-state index contributed by atoms with van der Waals surface area (Å²) in [5, 5.41) is 29.0. The molecule has 3 N–H and O–H groups in total. The first kappa shape index (κ1) is 15.8. The van der Waals surface area contributed by atoms with E-state index in [4.69, 9.17) is 0 Å². The Bertz CT molecular complexity index is 644. The Morgan fingerprint density at radius 1 is 0.957 bits per heavy atom. The van der Waals surface area contributed by atoms with Gasteiger partial charge >= 0.3 is 0 Å². The summed E-state index contributed by atoms with van der Waals surface area (Å²) in [5.41, 5.74) is 2.26. The van der Waals surface area contributed by atoms with Gasteiger partial charge in [0.1, 0.15) is 0 Å². The van der Waals surface area contributed by atoms with Crippen LogP contribution in [0.1, 0.15) is 36.4 Å². The van der Waals surface area contributed by atoms with Crippen molar-refractivity contribution in [1.29, 1.82) is 0 Å². The Hall–Kier alpha value is -2.04. The number of benzene rings is 2. The molecular weight excluding hydrogens is 290 g/mol. The first-order valence-corrected chi connectivity index (χ1v) is 8.11. The standard InChI is InChI=1S/C19H23NO3/c21-13-20-16(8-6-14-4-2-1-3-5-14)9-10-17(20)15-7-11-18(22)19(23)12-15/h1-5,7,11-12,16-17,21-23H,6,8-10,13H2. The Morgan fingerprint density at radius 2 is 1.74 bits per heavy atom. The van der Waals surface area contributed by atoms with E-state index in [-0.39, 0.29) is 24.3 Å². The van der Waals surface area contributed by atoms with Crippen molar-refractivity contribution in [3.63, 3.8) is 0 Å². The lowest BCUT2D eigenvalue weighted by molar-refractivity contribution is 0.0596. The van der Waals surface area contributed by atoms with E-state index in [2.05, 4.69) is 29.2 Å². The molecule has 1 fully saturated rings. The number of aromatic hydroxyl groups is 2. The lowest BCUT2D eigenvalue weighted by atomic mass is 10.0. The number of aliphatic hydroxyl groups is 1. The molecule has 1 aliphatic heterocycles. The maximum Gasteiger partial charge on any atom is 0.157 e. The van der Waals surface area contributed by atoms with Gasteiger partial charge in [0, 0.05) is 12.1 Å². The molecule has 122 valence electrons. The highest BCUT2D eigenvalue weighted by atomic mass is 16.3. The molecule has 2 unspecified atom stereocenters. The lowest BCUT2D eigenvalue weighted by Gasteiger charge is -2.28. The third-order valence-corrected chi connectivity index (χ3v) is 4.80. The Morgan fingerprint density at radius 3 is 2.43 bits per heavy atom. The largest absolute Gasteiger partial charge is 0.504 e. The molecule has 0 aliphatic carbocycles. The minimum absolute atomic E-state index is 0.00572. The molecule has 1 heterocycles. The van der Waals surface area contributed by atoms with Crippen LogP contribution in [-0.4, -0.2) is 33.0 Å². The molecule has 2 aromatic carbocycles. The van der Waals surface area contributed by atoms with Crippen LogP contribution >= 0.6 is 0 Å². The zero-order chi connectivity index (χ0) is 16.2. The number of rotatable bonds is 5. The van der Waals surface area contributed by atoms with Crippen molar-refractivity contribution < 1.29 is 15.3 Å². The lowest BCUT2D eigenvalue weighted by Crippen LogP contribution is -2.32. The summed E-state index contributed by atoms with van der Waals surface area (Å²) in [6, 6.07) is 15.7. The Balaban J connectivity index is 1.69. The third-order valence-electron chi connectivity index (χ3n) is 4.80. The first-order chi connectivity index (χ1) is 11.2. The first-order valence-electron chi connectivity index (χ1n) is 8.11. The summed E-state index contributed by atoms with van der Waals surface area (Å²) in [4.78, 5) is 2.09. The number of hydrogen-bond acceptors (Lipinski definition) is 4. The van der Waals surface area contributed by atoms with Crippen molar-refractivity contribution in [3.05, 3.63) is 59.7 Å². The molecule has 2 atom stereocenters. The van der Waals surface area contributed by atoms with Gasteiger partial charge in [-0.3, -0.25) is 4.90 Å².